The SMILES string of the molecule is CCOC(=O)c1c(NC(=O)c2c(C)c3ccccc3n2CC)sc(C)c1-c1ccc(F)cc1. The molecule has 0 unspecified atom stereocenters. The molecule has 7 heteroatoms. The van der Waals surface area contributed by atoms with Gasteiger partial charge in [0.1, 0.15) is 22.1 Å². The Kier molecular flexibility index (Phi) is 6.33. The molecule has 2 aromatic carbocycles. The van der Waals surface area contributed by atoms with Gasteiger partial charge in [0.05, 0.1) is 6.61 Å². The molecule has 5 nitrogen and oxygen atoms in total. The first kappa shape index (κ1) is 22.7. The molecule has 0 radical (unpaired) electrons. The van der Waals surface area contributed by atoms with Gasteiger partial charge in [0.15, 0.2) is 0 Å². The molecule has 0 atom stereocenters. The van der Waals surface area contributed by atoms with Crippen molar-refractivity contribution >= 4 is 39.1 Å². The van der Waals surface area contributed by atoms with E-state index in [0.29, 0.717) is 28.4 Å². The second-order valence-electron chi connectivity index (χ2n) is 7.65. The van der Waals surface area contributed by atoms with Crippen molar-refractivity contribution in [2.45, 2.75) is 34.2 Å². The third-order valence-electron chi connectivity index (χ3n) is 5.68. The van der Waals surface area contributed by atoms with E-state index in [4.69, 9.17) is 4.74 Å². The number of halogens is 1. The van der Waals surface area contributed by atoms with Crippen molar-refractivity contribution in [2.24, 2.45) is 0 Å². The molecular formula is C26H25FN2O3S. The van der Waals surface area contributed by atoms with E-state index in [-0.39, 0.29) is 23.9 Å². The van der Waals surface area contributed by atoms with Crippen molar-refractivity contribution in [3.05, 3.63) is 76.0 Å². The van der Waals surface area contributed by atoms with Crippen LogP contribution in [-0.4, -0.2) is 23.1 Å². The number of aromatic nitrogens is 1. The summed E-state index contributed by atoms with van der Waals surface area (Å²) >= 11 is 1.31. The highest BCUT2D eigenvalue weighted by Crippen LogP contribution is 2.41. The lowest BCUT2D eigenvalue weighted by Crippen LogP contribution is -2.19. The zero-order valence-electron chi connectivity index (χ0n) is 19.0. The summed E-state index contributed by atoms with van der Waals surface area (Å²) in [5.41, 5.74) is 4.05. The maximum atomic E-state index is 13.5. The molecule has 4 aromatic rings. The van der Waals surface area contributed by atoms with E-state index in [1.165, 1.54) is 23.5 Å². The number of rotatable bonds is 6. The van der Waals surface area contributed by atoms with Crippen LogP contribution in [0.4, 0.5) is 9.39 Å². The van der Waals surface area contributed by atoms with E-state index < -0.39 is 5.97 Å². The predicted octanol–water partition coefficient (Wildman–Crippen LogP) is 6.57. The van der Waals surface area contributed by atoms with Crippen molar-refractivity contribution in [1.29, 1.82) is 0 Å². The lowest BCUT2D eigenvalue weighted by molar-refractivity contribution is 0.0529. The Bertz CT molecular complexity index is 1350. The van der Waals surface area contributed by atoms with Crippen LogP contribution in [0.25, 0.3) is 22.0 Å². The standard InChI is InChI=1S/C26H25FN2O3S/c1-5-29-20-10-8-7-9-19(20)15(3)23(29)24(30)28-25-22(26(31)32-6-2)21(16(4)33-25)17-11-13-18(27)14-12-17/h7-14H,5-6H2,1-4H3,(H,28,30). The Balaban J connectivity index is 1.82. The number of thiophene rings is 1. The van der Waals surface area contributed by atoms with Crippen LogP contribution >= 0.6 is 11.3 Å². The molecule has 0 saturated heterocycles. The maximum absolute atomic E-state index is 13.5. The Morgan fingerprint density at radius 3 is 2.42 bits per heavy atom. The van der Waals surface area contributed by atoms with Crippen molar-refractivity contribution in [1.82, 2.24) is 4.57 Å². The molecule has 0 aliphatic rings. The first-order chi connectivity index (χ1) is 15.9. The van der Waals surface area contributed by atoms with Crippen LogP contribution in [0.15, 0.2) is 48.5 Å². The second-order valence-corrected chi connectivity index (χ2v) is 8.88. The molecule has 4 rings (SSSR count). The summed E-state index contributed by atoms with van der Waals surface area (Å²) in [5.74, 6) is -1.17. The number of nitrogens with zero attached hydrogens (tertiary/aromatic N) is 1. The summed E-state index contributed by atoms with van der Waals surface area (Å²) in [6.07, 6.45) is 0. The first-order valence-electron chi connectivity index (χ1n) is 10.8. The number of fused-ring (bicyclic) bond motifs is 1. The number of hydrogen-bond acceptors (Lipinski definition) is 4. The van der Waals surface area contributed by atoms with Crippen LogP contribution < -0.4 is 5.32 Å². The minimum Gasteiger partial charge on any atom is -0.462 e. The molecule has 1 amide bonds. The van der Waals surface area contributed by atoms with E-state index >= 15 is 0 Å². The molecule has 33 heavy (non-hydrogen) atoms. The molecule has 0 aliphatic carbocycles. The van der Waals surface area contributed by atoms with Crippen LogP contribution in [-0.2, 0) is 11.3 Å². The number of anilines is 1. The van der Waals surface area contributed by atoms with Crippen LogP contribution in [0, 0.1) is 19.7 Å². The minimum absolute atomic E-state index is 0.202. The summed E-state index contributed by atoms with van der Waals surface area (Å²) in [4.78, 5) is 27.3. The van der Waals surface area contributed by atoms with Crippen LogP contribution in [0.1, 0.15) is 45.1 Å². The summed E-state index contributed by atoms with van der Waals surface area (Å²) in [7, 11) is 0. The average Bonchev–Trinajstić information content (AvgIpc) is 3.28. The van der Waals surface area contributed by atoms with Gasteiger partial charge in [-0.05, 0) is 57.0 Å². The number of carbonyl (C=O) groups excluding carboxylic acids is 2. The number of ether oxygens (including phenoxy) is 1. The Morgan fingerprint density at radius 1 is 1.06 bits per heavy atom. The fraction of sp³-hybridized carbons (Fsp3) is 0.231. The van der Waals surface area contributed by atoms with Gasteiger partial charge in [0, 0.05) is 27.9 Å². The smallest absolute Gasteiger partial charge is 0.341 e. The number of carbonyl (C=O) groups is 2. The van der Waals surface area contributed by atoms with Gasteiger partial charge < -0.3 is 14.6 Å². The van der Waals surface area contributed by atoms with Crippen LogP contribution in [0.3, 0.4) is 0 Å². The Labute approximate surface area is 195 Å². The van der Waals surface area contributed by atoms with Gasteiger partial charge >= 0.3 is 5.97 Å². The van der Waals surface area contributed by atoms with Gasteiger partial charge in [-0.2, -0.15) is 0 Å². The molecule has 0 saturated carbocycles. The highest BCUT2D eigenvalue weighted by molar-refractivity contribution is 7.17. The monoisotopic (exact) mass is 464 g/mol. The molecule has 0 fully saturated rings. The number of para-hydroxylation sites is 1. The van der Waals surface area contributed by atoms with Crippen LogP contribution in [0.2, 0.25) is 0 Å². The molecular weight excluding hydrogens is 439 g/mol. The van der Waals surface area contributed by atoms with Crippen molar-refractivity contribution in [2.75, 3.05) is 11.9 Å². The summed E-state index contributed by atoms with van der Waals surface area (Å²) in [6, 6.07) is 13.8. The van der Waals surface area contributed by atoms with Gasteiger partial charge in [-0.3, -0.25) is 4.79 Å². The van der Waals surface area contributed by atoms with E-state index in [0.717, 1.165) is 21.3 Å². The maximum Gasteiger partial charge on any atom is 0.341 e. The highest BCUT2D eigenvalue weighted by Gasteiger charge is 2.27. The predicted molar refractivity (Wildman–Crippen MR) is 131 cm³/mol. The number of nitrogens with one attached hydrogen (secondary N) is 1. The molecule has 170 valence electrons. The van der Waals surface area contributed by atoms with Crippen LogP contribution in [0.5, 0.6) is 0 Å². The summed E-state index contributed by atoms with van der Waals surface area (Å²) in [5, 5.41) is 4.41. The lowest BCUT2D eigenvalue weighted by atomic mass is 10.0. The lowest BCUT2D eigenvalue weighted by Gasteiger charge is -2.11. The number of esters is 1. The molecule has 2 aromatic heterocycles. The van der Waals surface area contributed by atoms with Gasteiger partial charge in [0.25, 0.3) is 5.91 Å². The van der Waals surface area contributed by atoms with Gasteiger partial charge in [-0.15, -0.1) is 11.3 Å². The average molecular weight is 465 g/mol. The number of amides is 1. The second kappa shape index (κ2) is 9.19. The first-order valence-corrected chi connectivity index (χ1v) is 11.6. The van der Waals surface area contributed by atoms with E-state index in [9.17, 15) is 14.0 Å². The van der Waals surface area contributed by atoms with Crippen molar-refractivity contribution in [3.63, 3.8) is 0 Å². The normalized spacial score (nSPS) is 11.1. The van der Waals surface area contributed by atoms with Crippen molar-refractivity contribution in [3.8, 4) is 11.1 Å². The number of aryl methyl sites for hydroxylation is 3. The Morgan fingerprint density at radius 2 is 1.76 bits per heavy atom. The van der Waals surface area contributed by atoms with Crippen molar-refractivity contribution < 1.29 is 18.7 Å². The quantitative estimate of drug-likeness (QED) is 0.328. The van der Waals surface area contributed by atoms with Gasteiger partial charge in [-0.25, -0.2) is 9.18 Å². The molecule has 0 aliphatic heterocycles. The molecule has 1 N–H and O–H groups in total. The Hall–Kier alpha value is -3.45. The highest BCUT2D eigenvalue weighted by atomic mass is 32.1. The van der Waals surface area contributed by atoms with E-state index in [2.05, 4.69) is 5.32 Å². The minimum atomic E-state index is -0.524. The molecule has 0 spiro atoms. The third-order valence-corrected chi connectivity index (χ3v) is 6.70. The van der Waals surface area contributed by atoms with Gasteiger partial charge in [0.2, 0.25) is 0 Å². The fourth-order valence-corrected chi connectivity index (χ4v) is 5.31. The van der Waals surface area contributed by atoms with E-state index in [1.807, 2.05) is 49.6 Å². The topological polar surface area (TPSA) is 60.3 Å². The summed E-state index contributed by atoms with van der Waals surface area (Å²) in [6.45, 7) is 8.36. The largest absolute Gasteiger partial charge is 0.462 e. The fourth-order valence-electron chi connectivity index (χ4n) is 4.26. The number of hydrogen-bond donors (Lipinski definition) is 1. The molecule has 0 bridgehead atoms. The van der Waals surface area contributed by atoms with Gasteiger partial charge in [-0.1, -0.05) is 30.3 Å². The zero-order chi connectivity index (χ0) is 23.7. The zero-order valence-corrected chi connectivity index (χ0v) is 19.8. The molecule has 2 heterocycles. The number of benzene rings is 2. The summed E-state index contributed by atoms with van der Waals surface area (Å²) < 4.78 is 20.8. The third kappa shape index (κ3) is 4.04. The van der Waals surface area contributed by atoms with E-state index in [1.54, 1.807) is 19.1 Å².